The third kappa shape index (κ3) is 2.58. The van der Waals surface area contributed by atoms with E-state index in [2.05, 4.69) is 9.97 Å². The lowest BCUT2D eigenvalue weighted by Crippen LogP contribution is -2.21. The molecule has 0 fully saturated rings. The van der Waals surface area contributed by atoms with Gasteiger partial charge >= 0.3 is 0 Å². The van der Waals surface area contributed by atoms with E-state index in [0.29, 0.717) is 28.1 Å². The first-order valence-electron chi connectivity index (χ1n) is 7.35. The summed E-state index contributed by atoms with van der Waals surface area (Å²) in [5.74, 6) is -0.0477. The smallest absolute Gasteiger partial charge is 0.261 e. The highest BCUT2D eigenvalue weighted by molar-refractivity contribution is 5.76. The third-order valence-corrected chi connectivity index (χ3v) is 3.69. The van der Waals surface area contributed by atoms with Gasteiger partial charge in [-0.25, -0.2) is 14.4 Å². The van der Waals surface area contributed by atoms with Crippen LogP contribution in [0.25, 0.3) is 22.4 Å². The number of hydrogen-bond donors (Lipinski definition) is 0. The van der Waals surface area contributed by atoms with Gasteiger partial charge in [0.15, 0.2) is 0 Å². The van der Waals surface area contributed by atoms with Crippen molar-refractivity contribution in [1.29, 1.82) is 0 Å². The SMILES string of the molecule is O=c1c2ccccc2ncn1Cc1coc(-c2cccc(F)c2)n1. The fourth-order valence-electron chi connectivity index (χ4n) is 2.53. The second kappa shape index (κ2) is 5.73. The van der Waals surface area contributed by atoms with E-state index in [4.69, 9.17) is 4.42 Å². The average molecular weight is 321 g/mol. The highest BCUT2D eigenvalue weighted by Crippen LogP contribution is 2.19. The summed E-state index contributed by atoms with van der Waals surface area (Å²) in [5, 5.41) is 0.550. The number of hydrogen-bond acceptors (Lipinski definition) is 4. The van der Waals surface area contributed by atoms with E-state index in [1.165, 1.54) is 29.3 Å². The van der Waals surface area contributed by atoms with Crippen molar-refractivity contribution in [2.45, 2.75) is 6.54 Å². The van der Waals surface area contributed by atoms with Gasteiger partial charge in [0, 0.05) is 5.56 Å². The van der Waals surface area contributed by atoms with Crippen molar-refractivity contribution in [3.05, 3.63) is 83.0 Å². The number of halogens is 1. The van der Waals surface area contributed by atoms with E-state index in [1.54, 1.807) is 30.3 Å². The molecule has 118 valence electrons. The summed E-state index contributed by atoms with van der Waals surface area (Å²) >= 11 is 0. The molecule has 2 aromatic heterocycles. The lowest BCUT2D eigenvalue weighted by atomic mass is 10.2. The molecule has 0 saturated heterocycles. The van der Waals surface area contributed by atoms with Crippen LogP contribution in [0.4, 0.5) is 4.39 Å². The molecule has 0 radical (unpaired) electrons. The van der Waals surface area contributed by atoms with Gasteiger partial charge in [-0.1, -0.05) is 18.2 Å². The molecule has 4 aromatic rings. The van der Waals surface area contributed by atoms with E-state index in [0.717, 1.165) is 0 Å². The van der Waals surface area contributed by atoms with E-state index in [-0.39, 0.29) is 17.9 Å². The number of rotatable bonds is 3. The molecule has 2 aromatic carbocycles. The third-order valence-electron chi connectivity index (χ3n) is 3.69. The van der Waals surface area contributed by atoms with Gasteiger partial charge in [-0.2, -0.15) is 0 Å². The zero-order valence-electron chi connectivity index (χ0n) is 12.5. The zero-order valence-corrected chi connectivity index (χ0v) is 12.5. The Morgan fingerprint density at radius 2 is 2.00 bits per heavy atom. The molecule has 0 spiro atoms. The fraction of sp³-hybridized carbons (Fsp3) is 0.0556. The first kappa shape index (κ1) is 14.3. The van der Waals surface area contributed by atoms with E-state index >= 15 is 0 Å². The predicted octanol–water partition coefficient (Wildman–Crippen LogP) is 3.24. The summed E-state index contributed by atoms with van der Waals surface area (Å²) in [7, 11) is 0. The van der Waals surface area contributed by atoms with Crippen LogP contribution in [0.15, 0.2) is 70.3 Å². The van der Waals surface area contributed by atoms with Gasteiger partial charge in [0.1, 0.15) is 12.1 Å². The molecule has 0 N–H and O–H groups in total. The first-order valence-corrected chi connectivity index (χ1v) is 7.35. The number of benzene rings is 2. The van der Waals surface area contributed by atoms with Crippen molar-refractivity contribution < 1.29 is 8.81 Å². The first-order chi connectivity index (χ1) is 11.7. The van der Waals surface area contributed by atoms with Crippen LogP contribution in [0.1, 0.15) is 5.69 Å². The molecule has 5 nitrogen and oxygen atoms in total. The average Bonchev–Trinajstić information content (AvgIpc) is 3.06. The maximum atomic E-state index is 13.3. The molecular weight excluding hydrogens is 309 g/mol. The maximum Gasteiger partial charge on any atom is 0.261 e. The van der Waals surface area contributed by atoms with Crippen LogP contribution in [0, 0.1) is 5.82 Å². The Morgan fingerprint density at radius 3 is 2.88 bits per heavy atom. The Bertz CT molecular complexity index is 1080. The van der Waals surface area contributed by atoms with Crippen molar-refractivity contribution in [3.63, 3.8) is 0 Å². The Balaban J connectivity index is 1.67. The maximum absolute atomic E-state index is 13.3. The standard InChI is InChI=1S/C18H12FN3O2/c19-13-5-3-4-12(8-13)17-21-14(10-24-17)9-22-11-20-16-7-2-1-6-15(16)18(22)23/h1-8,10-11H,9H2. The van der Waals surface area contributed by atoms with Crippen LogP contribution in [0.2, 0.25) is 0 Å². The number of nitrogens with zero attached hydrogens (tertiary/aromatic N) is 3. The molecule has 0 aliphatic rings. The fourth-order valence-corrected chi connectivity index (χ4v) is 2.53. The summed E-state index contributed by atoms with van der Waals surface area (Å²) in [5.41, 5.74) is 1.62. The molecule has 0 saturated carbocycles. The number of fused-ring (bicyclic) bond motifs is 1. The summed E-state index contributed by atoms with van der Waals surface area (Å²) in [4.78, 5) is 21.1. The predicted molar refractivity (Wildman–Crippen MR) is 87.0 cm³/mol. The Kier molecular flexibility index (Phi) is 3.42. The molecule has 0 bridgehead atoms. The van der Waals surface area contributed by atoms with Crippen molar-refractivity contribution in [2.75, 3.05) is 0 Å². The van der Waals surface area contributed by atoms with E-state index in [1.807, 2.05) is 6.07 Å². The number of oxazole rings is 1. The summed E-state index contributed by atoms with van der Waals surface area (Å²) < 4.78 is 20.1. The van der Waals surface area contributed by atoms with Crippen molar-refractivity contribution in [2.24, 2.45) is 0 Å². The van der Waals surface area contributed by atoms with Gasteiger partial charge in [-0.3, -0.25) is 9.36 Å². The van der Waals surface area contributed by atoms with Crippen molar-refractivity contribution in [3.8, 4) is 11.5 Å². The van der Waals surface area contributed by atoms with Gasteiger partial charge in [0.25, 0.3) is 5.56 Å². The summed E-state index contributed by atoms with van der Waals surface area (Å²) in [6, 6.07) is 13.2. The van der Waals surface area contributed by atoms with Crippen LogP contribution in [-0.2, 0) is 6.54 Å². The van der Waals surface area contributed by atoms with Crippen molar-refractivity contribution >= 4 is 10.9 Å². The van der Waals surface area contributed by atoms with Crippen LogP contribution < -0.4 is 5.56 Å². The Labute approximate surface area is 136 Å². The molecule has 0 amide bonds. The van der Waals surface area contributed by atoms with Gasteiger partial charge in [-0.05, 0) is 30.3 Å². The minimum absolute atomic E-state index is 0.143. The van der Waals surface area contributed by atoms with Gasteiger partial charge in [0.2, 0.25) is 5.89 Å². The lowest BCUT2D eigenvalue weighted by molar-refractivity contribution is 0.569. The van der Waals surface area contributed by atoms with Crippen LogP contribution in [0.5, 0.6) is 0 Å². The number of aromatic nitrogens is 3. The Morgan fingerprint density at radius 1 is 1.12 bits per heavy atom. The highest BCUT2D eigenvalue weighted by atomic mass is 19.1. The van der Waals surface area contributed by atoms with Crippen LogP contribution in [-0.4, -0.2) is 14.5 Å². The number of para-hydroxylation sites is 1. The van der Waals surface area contributed by atoms with Crippen LogP contribution >= 0.6 is 0 Å². The van der Waals surface area contributed by atoms with Gasteiger partial charge in [0.05, 0.1) is 29.5 Å². The molecule has 2 heterocycles. The molecule has 0 aliphatic carbocycles. The molecular formula is C18H12FN3O2. The largest absolute Gasteiger partial charge is 0.444 e. The minimum atomic E-state index is -0.359. The highest BCUT2D eigenvalue weighted by Gasteiger charge is 2.10. The molecule has 0 aliphatic heterocycles. The second-order valence-corrected chi connectivity index (χ2v) is 5.35. The van der Waals surface area contributed by atoms with Crippen LogP contribution in [0.3, 0.4) is 0 Å². The summed E-state index contributed by atoms with van der Waals surface area (Å²) in [6.45, 7) is 0.232. The minimum Gasteiger partial charge on any atom is -0.444 e. The molecule has 0 unspecified atom stereocenters. The van der Waals surface area contributed by atoms with Crippen molar-refractivity contribution in [1.82, 2.24) is 14.5 Å². The molecule has 4 rings (SSSR count). The topological polar surface area (TPSA) is 60.9 Å². The quantitative estimate of drug-likeness (QED) is 0.581. The second-order valence-electron chi connectivity index (χ2n) is 5.35. The molecule has 0 atom stereocenters. The monoisotopic (exact) mass is 321 g/mol. The van der Waals surface area contributed by atoms with Gasteiger partial charge in [-0.15, -0.1) is 0 Å². The normalized spacial score (nSPS) is 11.0. The lowest BCUT2D eigenvalue weighted by Gasteiger charge is -2.03. The van der Waals surface area contributed by atoms with E-state index < -0.39 is 0 Å². The zero-order chi connectivity index (χ0) is 16.5. The summed E-state index contributed by atoms with van der Waals surface area (Å²) in [6.07, 6.45) is 2.95. The molecule has 6 heteroatoms. The molecule has 24 heavy (non-hydrogen) atoms. The van der Waals surface area contributed by atoms with E-state index in [9.17, 15) is 9.18 Å². The Hall–Kier alpha value is -3.28. The van der Waals surface area contributed by atoms with Gasteiger partial charge < -0.3 is 4.42 Å².